The van der Waals surface area contributed by atoms with Crippen LogP contribution in [0.3, 0.4) is 0 Å². The van der Waals surface area contributed by atoms with Gasteiger partial charge < -0.3 is 15.5 Å². The third-order valence-electron chi connectivity index (χ3n) is 3.15. The standard InChI is InChI=1S/C11H19N3O2S/c1-8-4-9(2-3-12-8)13-10(15)5-14-7-17-6-11(14)16/h8-9,12H,2-7H2,1H3,(H,13,15). The summed E-state index contributed by atoms with van der Waals surface area (Å²) in [6, 6.07) is 0.710. The monoisotopic (exact) mass is 257 g/mol. The second-order valence-corrected chi connectivity index (χ2v) is 5.67. The van der Waals surface area contributed by atoms with Crippen molar-refractivity contribution >= 4 is 23.6 Å². The highest BCUT2D eigenvalue weighted by molar-refractivity contribution is 8.00. The van der Waals surface area contributed by atoms with Crippen LogP contribution in [0.4, 0.5) is 0 Å². The average Bonchev–Trinajstić information content (AvgIpc) is 2.64. The number of nitrogens with zero attached hydrogens (tertiary/aromatic N) is 1. The first-order valence-electron chi connectivity index (χ1n) is 6.03. The lowest BCUT2D eigenvalue weighted by Gasteiger charge is -2.29. The van der Waals surface area contributed by atoms with Crippen LogP contribution in [0, 0.1) is 0 Å². The average molecular weight is 257 g/mol. The Labute approximate surface area is 106 Å². The summed E-state index contributed by atoms with van der Waals surface area (Å²) in [6.07, 6.45) is 1.94. The van der Waals surface area contributed by atoms with Gasteiger partial charge in [0.15, 0.2) is 0 Å². The van der Waals surface area contributed by atoms with Crippen LogP contribution in [0.25, 0.3) is 0 Å². The number of hydrogen-bond donors (Lipinski definition) is 2. The Morgan fingerprint density at radius 2 is 2.47 bits per heavy atom. The van der Waals surface area contributed by atoms with E-state index in [1.165, 1.54) is 0 Å². The molecule has 2 amide bonds. The van der Waals surface area contributed by atoms with Crippen LogP contribution in [0.15, 0.2) is 0 Å². The van der Waals surface area contributed by atoms with Gasteiger partial charge in [-0.25, -0.2) is 0 Å². The van der Waals surface area contributed by atoms with Crippen molar-refractivity contribution in [3.8, 4) is 0 Å². The first kappa shape index (κ1) is 12.7. The fourth-order valence-electron chi connectivity index (χ4n) is 2.25. The maximum atomic E-state index is 11.8. The molecule has 2 aliphatic heterocycles. The third-order valence-corrected chi connectivity index (χ3v) is 4.09. The lowest BCUT2D eigenvalue weighted by Crippen LogP contribution is -2.49. The zero-order valence-corrected chi connectivity index (χ0v) is 10.9. The SMILES string of the molecule is CC1CC(NC(=O)CN2CSCC2=O)CCN1. The molecule has 5 nitrogen and oxygen atoms in total. The number of amides is 2. The van der Waals surface area contributed by atoms with E-state index in [2.05, 4.69) is 17.6 Å². The molecule has 0 spiro atoms. The summed E-state index contributed by atoms with van der Waals surface area (Å²) >= 11 is 1.57. The zero-order valence-electron chi connectivity index (χ0n) is 10.1. The van der Waals surface area contributed by atoms with Gasteiger partial charge in [-0.3, -0.25) is 9.59 Å². The van der Waals surface area contributed by atoms with Gasteiger partial charge in [-0.2, -0.15) is 0 Å². The minimum atomic E-state index is -0.0278. The number of thioether (sulfide) groups is 1. The van der Waals surface area contributed by atoms with Crippen molar-refractivity contribution in [2.75, 3.05) is 24.7 Å². The predicted molar refractivity (Wildman–Crippen MR) is 67.7 cm³/mol. The van der Waals surface area contributed by atoms with E-state index in [0.29, 0.717) is 17.7 Å². The van der Waals surface area contributed by atoms with Crippen LogP contribution in [-0.2, 0) is 9.59 Å². The molecule has 0 aromatic carbocycles. The normalized spacial score (nSPS) is 29.5. The Bertz CT molecular complexity index is 311. The molecule has 2 heterocycles. The maximum absolute atomic E-state index is 11.8. The van der Waals surface area contributed by atoms with Gasteiger partial charge in [0.25, 0.3) is 0 Å². The molecule has 2 rings (SSSR count). The second kappa shape index (κ2) is 5.73. The molecule has 0 radical (unpaired) electrons. The molecule has 17 heavy (non-hydrogen) atoms. The summed E-state index contributed by atoms with van der Waals surface area (Å²) in [5, 5.41) is 6.36. The molecule has 2 atom stereocenters. The topological polar surface area (TPSA) is 61.4 Å². The highest BCUT2D eigenvalue weighted by Crippen LogP contribution is 2.14. The fourth-order valence-corrected chi connectivity index (χ4v) is 3.15. The van der Waals surface area contributed by atoms with Crippen LogP contribution in [0.2, 0.25) is 0 Å². The minimum absolute atomic E-state index is 0.0278. The third kappa shape index (κ3) is 3.61. The Hall–Kier alpha value is -0.750. The lowest BCUT2D eigenvalue weighted by molar-refractivity contribution is -0.132. The number of carbonyl (C=O) groups is 2. The number of carbonyl (C=O) groups excluding carboxylic acids is 2. The summed E-state index contributed by atoms with van der Waals surface area (Å²) in [5.74, 6) is 1.20. The van der Waals surface area contributed by atoms with Crippen molar-refractivity contribution in [1.82, 2.24) is 15.5 Å². The van der Waals surface area contributed by atoms with Crippen molar-refractivity contribution < 1.29 is 9.59 Å². The van der Waals surface area contributed by atoms with E-state index in [1.807, 2.05) is 0 Å². The number of piperidine rings is 1. The van der Waals surface area contributed by atoms with E-state index in [0.717, 1.165) is 19.4 Å². The second-order valence-electron chi connectivity index (χ2n) is 4.71. The number of nitrogens with one attached hydrogen (secondary N) is 2. The van der Waals surface area contributed by atoms with Gasteiger partial charge in [-0.15, -0.1) is 11.8 Å². The molecule has 0 aliphatic carbocycles. The highest BCUT2D eigenvalue weighted by atomic mass is 32.2. The molecule has 2 unspecified atom stereocenters. The Balaban J connectivity index is 1.74. The molecule has 0 aromatic rings. The summed E-state index contributed by atoms with van der Waals surface area (Å²) in [4.78, 5) is 24.8. The predicted octanol–water partition coefficient (Wildman–Crippen LogP) is -0.224. The van der Waals surface area contributed by atoms with Gasteiger partial charge in [0.2, 0.25) is 11.8 Å². The quantitative estimate of drug-likeness (QED) is 0.733. The summed E-state index contributed by atoms with van der Waals surface area (Å²) in [6.45, 7) is 3.29. The van der Waals surface area contributed by atoms with Crippen LogP contribution in [-0.4, -0.2) is 53.5 Å². The molecule has 2 N–H and O–H groups in total. The van der Waals surface area contributed by atoms with Crippen molar-refractivity contribution in [3.63, 3.8) is 0 Å². The molecule has 2 aliphatic rings. The molecule has 6 heteroatoms. The zero-order chi connectivity index (χ0) is 12.3. The molecular weight excluding hydrogens is 238 g/mol. The van der Waals surface area contributed by atoms with E-state index in [-0.39, 0.29) is 24.4 Å². The molecule has 0 saturated carbocycles. The Morgan fingerprint density at radius 1 is 1.65 bits per heavy atom. The summed E-state index contributed by atoms with van der Waals surface area (Å²) in [5.41, 5.74) is 0. The highest BCUT2D eigenvalue weighted by Gasteiger charge is 2.25. The van der Waals surface area contributed by atoms with Crippen molar-refractivity contribution in [2.45, 2.75) is 31.8 Å². The first-order valence-corrected chi connectivity index (χ1v) is 7.19. The van der Waals surface area contributed by atoms with Gasteiger partial charge in [-0.1, -0.05) is 0 Å². The van der Waals surface area contributed by atoms with Gasteiger partial charge >= 0.3 is 0 Å². The lowest BCUT2D eigenvalue weighted by atomic mass is 10.0. The number of hydrogen-bond acceptors (Lipinski definition) is 4. The van der Waals surface area contributed by atoms with Gasteiger partial charge in [-0.05, 0) is 26.3 Å². The van der Waals surface area contributed by atoms with E-state index in [9.17, 15) is 9.59 Å². The van der Waals surface area contributed by atoms with Crippen LogP contribution in [0.1, 0.15) is 19.8 Å². The van der Waals surface area contributed by atoms with E-state index in [4.69, 9.17) is 0 Å². The van der Waals surface area contributed by atoms with Crippen LogP contribution in [0.5, 0.6) is 0 Å². The van der Waals surface area contributed by atoms with Crippen molar-refractivity contribution in [3.05, 3.63) is 0 Å². The maximum Gasteiger partial charge on any atom is 0.239 e. The Morgan fingerprint density at radius 3 is 3.12 bits per heavy atom. The molecular formula is C11H19N3O2S. The van der Waals surface area contributed by atoms with Gasteiger partial charge in [0.05, 0.1) is 11.6 Å². The number of rotatable bonds is 3. The van der Waals surface area contributed by atoms with E-state index >= 15 is 0 Å². The van der Waals surface area contributed by atoms with E-state index < -0.39 is 0 Å². The smallest absolute Gasteiger partial charge is 0.239 e. The summed E-state index contributed by atoms with van der Waals surface area (Å²) < 4.78 is 0. The van der Waals surface area contributed by atoms with Crippen LogP contribution < -0.4 is 10.6 Å². The first-order chi connectivity index (χ1) is 8.15. The molecule has 96 valence electrons. The summed E-state index contributed by atoms with van der Waals surface area (Å²) in [7, 11) is 0. The van der Waals surface area contributed by atoms with E-state index in [1.54, 1.807) is 16.7 Å². The van der Waals surface area contributed by atoms with Crippen molar-refractivity contribution in [2.24, 2.45) is 0 Å². The Kier molecular flexibility index (Phi) is 4.28. The minimum Gasteiger partial charge on any atom is -0.352 e. The van der Waals surface area contributed by atoms with Gasteiger partial charge in [0, 0.05) is 12.1 Å². The molecule has 0 aromatic heterocycles. The van der Waals surface area contributed by atoms with Crippen LogP contribution >= 0.6 is 11.8 Å². The fraction of sp³-hybridized carbons (Fsp3) is 0.818. The van der Waals surface area contributed by atoms with Crippen molar-refractivity contribution in [1.29, 1.82) is 0 Å². The van der Waals surface area contributed by atoms with Gasteiger partial charge in [0.1, 0.15) is 6.54 Å². The molecule has 2 fully saturated rings. The molecule has 0 bridgehead atoms. The molecule has 2 saturated heterocycles. The largest absolute Gasteiger partial charge is 0.352 e.